The molecule has 0 amide bonds. The van der Waals surface area contributed by atoms with E-state index >= 15 is 0 Å². The molecule has 1 aliphatic heterocycles. The van der Waals surface area contributed by atoms with Crippen LogP contribution >= 0.6 is 11.6 Å². The molecule has 1 aliphatic rings. The third-order valence-electron chi connectivity index (χ3n) is 5.80. The van der Waals surface area contributed by atoms with Crippen molar-refractivity contribution in [2.45, 2.75) is 25.2 Å². The van der Waals surface area contributed by atoms with E-state index in [1.54, 1.807) is 60.8 Å². The topological polar surface area (TPSA) is 88.3 Å². The van der Waals surface area contributed by atoms with Gasteiger partial charge in [-0.2, -0.15) is 5.10 Å². The van der Waals surface area contributed by atoms with Crippen molar-refractivity contribution in [1.82, 2.24) is 14.8 Å². The summed E-state index contributed by atoms with van der Waals surface area (Å²) in [5, 5.41) is 16.4. The van der Waals surface area contributed by atoms with E-state index in [1.165, 1.54) is 8.99 Å². The third-order valence-corrected chi connectivity index (χ3v) is 7.83. The highest BCUT2D eigenvalue weighted by atomic mass is 35.5. The smallest absolute Gasteiger partial charge is 0.265 e. The summed E-state index contributed by atoms with van der Waals surface area (Å²) in [6.07, 6.45) is 1.83. The van der Waals surface area contributed by atoms with Crippen LogP contribution in [0.25, 0.3) is 16.9 Å². The molecule has 33 heavy (non-hydrogen) atoms. The van der Waals surface area contributed by atoms with Gasteiger partial charge < -0.3 is 5.11 Å². The SMILES string of the molecule is Cc1ccc(S(=O)(=O)N2CCc3c(nn(-c4ccc(Cl)cc4C)c3O)-c3cccnc32)cc1. The number of anilines is 1. The molecule has 5 rings (SSSR count). The van der Waals surface area contributed by atoms with E-state index in [4.69, 9.17) is 11.6 Å². The first-order valence-electron chi connectivity index (χ1n) is 10.4. The highest BCUT2D eigenvalue weighted by molar-refractivity contribution is 7.92. The lowest BCUT2D eigenvalue weighted by molar-refractivity contribution is 0.427. The van der Waals surface area contributed by atoms with Gasteiger partial charge in [-0.3, -0.25) is 0 Å². The number of nitrogens with zero attached hydrogens (tertiary/aromatic N) is 4. The molecule has 1 N–H and O–H groups in total. The second kappa shape index (κ2) is 7.90. The lowest BCUT2D eigenvalue weighted by Gasteiger charge is -2.23. The van der Waals surface area contributed by atoms with Gasteiger partial charge in [0.2, 0.25) is 5.88 Å². The Morgan fingerprint density at radius 2 is 1.82 bits per heavy atom. The number of sulfonamides is 1. The van der Waals surface area contributed by atoms with Crippen LogP contribution in [-0.4, -0.2) is 34.8 Å². The quantitative estimate of drug-likeness (QED) is 0.460. The molecule has 0 saturated carbocycles. The second-order valence-electron chi connectivity index (χ2n) is 8.01. The molecule has 0 spiro atoms. The summed E-state index contributed by atoms with van der Waals surface area (Å²) in [5.41, 5.74) is 4.14. The van der Waals surface area contributed by atoms with Crippen LogP contribution in [0.4, 0.5) is 5.82 Å². The molecule has 0 saturated heterocycles. The maximum absolute atomic E-state index is 13.5. The molecular weight excluding hydrogens is 460 g/mol. The standard InChI is InChI=1S/C24H21ClN4O3S/c1-15-5-8-18(9-6-15)33(31,32)28-13-11-20-22(19-4-3-12-26-23(19)28)27-29(24(20)30)21-10-7-17(25)14-16(21)2/h3-10,12,14,30H,11,13H2,1-2H3. The number of benzene rings is 2. The van der Waals surface area contributed by atoms with Gasteiger partial charge in [0.05, 0.1) is 10.6 Å². The van der Waals surface area contributed by atoms with Crippen LogP contribution in [0.15, 0.2) is 65.7 Å². The van der Waals surface area contributed by atoms with Crippen molar-refractivity contribution in [3.8, 4) is 22.8 Å². The molecule has 4 aromatic rings. The minimum atomic E-state index is -3.86. The van der Waals surface area contributed by atoms with Gasteiger partial charge in [0, 0.05) is 28.9 Å². The molecule has 0 unspecified atom stereocenters. The number of fused-ring (bicyclic) bond motifs is 3. The van der Waals surface area contributed by atoms with Crippen LogP contribution in [-0.2, 0) is 16.4 Å². The fraction of sp³-hybridized carbons (Fsp3) is 0.167. The molecule has 9 heteroatoms. The Hall–Kier alpha value is -3.36. The second-order valence-corrected chi connectivity index (χ2v) is 10.3. The number of aromatic nitrogens is 3. The minimum Gasteiger partial charge on any atom is -0.493 e. The first-order valence-corrected chi connectivity index (χ1v) is 12.2. The normalized spacial score (nSPS) is 13.4. The number of rotatable bonds is 3. The first-order chi connectivity index (χ1) is 15.8. The first kappa shape index (κ1) is 21.5. The Labute approximate surface area is 197 Å². The number of aromatic hydroxyl groups is 1. The highest BCUT2D eigenvalue weighted by Gasteiger charge is 2.34. The number of halogens is 1. The van der Waals surface area contributed by atoms with E-state index in [0.717, 1.165) is 11.1 Å². The lowest BCUT2D eigenvalue weighted by atomic mass is 10.1. The van der Waals surface area contributed by atoms with Gasteiger partial charge in [0.25, 0.3) is 10.0 Å². The zero-order chi connectivity index (χ0) is 23.3. The third kappa shape index (κ3) is 3.55. The Balaban J connectivity index is 1.66. The predicted octanol–water partition coefficient (Wildman–Crippen LogP) is 4.66. The van der Waals surface area contributed by atoms with Crippen molar-refractivity contribution in [2.75, 3.05) is 10.8 Å². The summed E-state index contributed by atoms with van der Waals surface area (Å²) in [5.74, 6) is 0.258. The van der Waals surface area contributed by atoms with E-state index in [2.05, 4.69) is 10.1 Å². The van der Waals surface area contributed by atoms with E-state index in [1.807, 2.05) is 13.8 Å². The van der Waals surface area contributed by atoms with E-state index in [0.29, 0.717) is 27.5 Å². The summed E-state index contributed by atoms with van der Waals surface area (Å²) in [7, 11) is -3.86. The number of aryl methyl sites for hydroxylation is 2. The monoisotopic (exact) mass is 480 g/mol. The van der Waals surface area contributed by atoms with Crippen molar-refractivity contribution in [3.05, 3.63) is 82.5 Å². The molecule has 0 fully saturated rings. The Morgan fingerprint density at radius 1 is 1.06 bits per heavy atom. The van der Waals surface area contributed by atoms with Gasteiger partial charge in [-0.25, -0.2) is 22.4 Å². The minimum absolute atomic E-state index is 0.0280. The average molecular weight is 481 g/mol. The maximum atomic E-state index is 13.5. The predicted molar refractivity (Wildman–Crippen MR) is 128 cm³/mol. The van der Waals surface area contributed by atoms with Crippen molar-refractivity contribution < 1.29 is 13.5 Å². The number of hydrogen-bond donors (Lipinski definition) is 1. The molecule has 0 aliphatic carbocycles. The van der Waals surface area contributed by atoms with Gasteiger partial charge in [-0.15, -0.1) is 0 Å². The molecule has 7 nitrogen and oxygen atoms in total. The van der Waals surface area contributed by atoms with E-state index in [9.17, 15) is 13.5 Å². The summed E-state index contributed by atoms with van der Waals surface area (Å²) in [4.78, 5) is 4.60. The molecule has 0 radical (unpaired) electrons. The van der Waals surface area contributed by atoms with Gasteiger partial charge >= 0.3 is 0 Å². The van der Waals surface area contributed by atoms with E-state index < -0.39 is 10.0 Å². The van der Waals surface area contributed by atoms with Gasteiger partial charge in [-0.1, -0.05) is 29.3 Å². The molecule has 2 aromatic heterocycles. The summed E-state index contributed by atoms with van der Waals surface area (Å²) in [6.45, 7) is 3.91. The van der Waals surface area contributed by atoms with E-state index in [-0.39, 0.29) is 29.6 Å². The number of pyridine rings is 1. The van der Waals surface area contributed by atoms with Crippen molar-refractivity contribution in [3.63, 3.8) is 0 Å². The zero-order valence-corrected chi connectivity index (χ0v) is 19.6. The van der Waals surface area contributed by atoms with Crippen molar-refractivity contribution in [2.24, 2.45) is 0 Å². The van der Waals surface area contributed by atoms with Crippen molar-refractivity contribution >= 4 is 27.4 Å². The fourth-order valence-corrected chi connectivity index (χ4v) is 5.75. The lowest BCUT2D eigenvalue weighted by Crippen LogP contribution is -2.33. The average Bonchev–Trinajstić information content (AvgIpc) is 3.00. The van der Waals surface area contributed by atoms with Crippen LogP contribution < -0.4 is 4.31 Å². The molecule has 0 atom stereocenters. The highest BCUT2D eigenvalue weighted by Crippen LogP contribution is 2.41. The Kier molecular flexibility index (Phi) is 5.14. The van der Waals surface area contributed by atoms with Gasteiger partial charge in [-0.05, 0) is 68.3 Å². The molecule has 168 valence electrons. The Morgan fingerprint density at radius 3 is 2.55 bits per heavy atom. The summed E-state index contributed by atoms with van der Waals surface area (Å²) >= 11 is 6.09. The fourth-order valence-electron chi connectivity index (χ4n) is 4.08. The van der Waals surface area contributed by atoms with Gasteiger partial charge in [0.1, 0.15) is 5.69 Å². The number of hydrogen-bond acceptors (Lipinski definition) is 5. The molecule has 0 bridgehead atoms. The van der Waals surface area contributed by atoms with Gasteiger partial charge in [0.15, 0.2) is 5.82 Å². The van der Waals surface area contributed by atoms with Crippen molar-refractivity contribution in [1.29, 1.82) is 0 Å². The van der Waals surface area contributed by atoms with Crippen LogP contribution in [0, 0.1) is 13.8 Å². The molecular formula is C24H21ClN4O3S. The van der Waals surface area contributed by atoms with Crippen LogP contribution in [0.1, 0.15) is 16.7 Å². The zero-order valence-electron chi connectivity index (χ0n) is 18.0. The Bertz CT molecular complexity index is 1480. The van der Waals surface area contributed by atoms with Crippen LogP contribution in [0.5, 0.6) is 5.88 Å². The summed E-state index contributed by atoms with van der Waals surface area (Å²) < 4.78 is 29.8. The molecule has 3 heterocycles. The molecule has 2 aromatic carbocycles. The maximum Gasteiger partial charge on any atom is 0.265 e. The van der Waals surface area contributed by atoms with Crippen LogP contribution in [0.2, 0.25) is 5.02 Å². The van der Waals surface area contributed by atoms with Crippen LogP contribution in [0.3, 0.4) is 0 Å². The summed E-state index contributed by atoms with van der Waals surface area (Å²) in [6, 6.07) is 15.6. The largest absolute Gasteiger partial charge is 0.493 e.